The Morgan fingerprint density at radius 3 is 2.23 bits per heavy atom. The lowest BCUT2D eigenvalue weighted by molar-refractivity contribution is 0.149. The summed E-state index contributed by atoms with van der Waals surface area (Å²) in [6.45, 7) is 5.93. The van der Waals surface area contributed by atoms with E-state index < -0.39 is 0 Å². The minimum Gasteiger partial charge on any atom is -0.319 e. The molecule has 0 aromatic heterocycles. The summed E-state index contributed by atoms with van der Waals surface area (Å²) in [5.74, 6) is 0.853. The second-order valence-corrected chi connectivity index (χ2v) is 5.19. The maximum absolute atomic E-state index is 3.38. The van der Waals surface area contributed by atoms with Crippen LogP contribution in [0.25, 0.3) is 0 Å². The van der Waals surface area contributed by atoms with Gasteiger partial charge in [-0.1, -0.05) is 33.1 Å². The SMILES string of the molecule is CNCC1(CC(C)C)CCCCC1. The van der Waals surface area contributed by atoms with E-state index >= 15 is 0 Å². The first-order chi connectivity index (χ1) is 6.18. The molecule has 13 heavy (non-hydrogen) atoms. The Kier molecular flexibility index (Phi) is 4.24. The summed E-state index contributed by atoms with van der Waals surface area (Å²) in [6, 6.07) is 0. The van der Waals surface area contributed by atoms with Crippen LogP contribution in [0.1, 0.15) is 52.4 Å². The second kappa shape index (κ2) is 4.99. The molecule has 0 aromatic carbocycles. The van der Waals surface area contributed by atoms with Crippen LogP contribution < -0.4 is 5.32 Å². The lowest BCUT2D eigenvalue weighted by Gasteiger charge is -2.38. The summed E-state index contributed by atoms with van der Waals surface area (Å²) in [5, 5.41) is 3.38. The summed E-state index contributed by atoms with van der Waals surface area (Å²) < 4.78 is 0. The van der Waals surface area contributed by atoms with Crippen molar-refractivity contribution in [2.45, 2.75) is 52.4 Å². The van der Waals surface area contributed by atoms with Gasteiger partial charge in [0, 0.05) is 6.54 Å². The summed E-state index contributed by atoms with van der Waals surface area (Å²) in [4.78, 5) is 0. The third kappa shape index (κ3) is 3.30. The molecule has 0 heterocycles. The molecule has 1 saturated carbocycles. The predicted octanol–water partition coefficient (Wildman–Crippen LogP) is 3.20. The largest absolute Gasteiger partial charge is 0.319 e. The molecule has 0 saturated heterocycles. The molecule has 0 unspecified atom stereocenters. The van der Waals surface area contributed by atoms with Crippen LogP contribution in [0, 0.1) is 11.3 Å². The fourth-order valence-corrected chi connectivity index (χ4v) is 3.00. The minimum atomic E-state index is 0.640. The van der Waals surface area contributed by atoms with Crippen LogP contribution in [0.4, 0.5) is 0 Å². The highest BCUT2D eigenvalue weighted by molar-refractivity contribution is 4.85. The number of hydrogen-bond acceptors (Lipinski definition) is 1. The molecule has 0 spiro atoms. The Labute approximate surface area is 83.3 Å². The maximum atomic E-state index is 3.38. The summed E-state index contributed by atoms with van der Waals surface area (Å²) in [5.41, 5.74) is 0.640. The van der Waals surface area contributed by atoms with Crippen LogP contribution in [0.3, 0.4) is 0 Å². The van der Waals surface area contributed by atoms with Crippen molar-refractivity contribution in [3.8, 4) is 0 Å². The van der Waals surface area contributed by atoms with Gasteiger partial charge in [-0.25, -0.2) is 0 Å². The molecule has 1 aliphatic rings. The molecule has 0 aliphatic heterocycles. The highest BCUT2D eigenvalue weighted by Gasteiger charge is 2.31. The molecular formula is C12H25N. The quantitative estimate of drug-likeness (QED) is 0.705. The van der Waals surface area contributed by atoms with E-state index in [0.29, 0.717) is 5.41 Å². The van der Waals surface area contributed by atoms with Crippen LogP contribution >= 0.6 is 0 Å². The van der Waals surface area contributed by atoms with E-state index in [1.165, 1.54) is 45.1 Å². The average molecular weight is 183 g/mol. The van der Waals surface area contributed by atoms with Crippen molar-refractivity contribution >= 4 is 0 Å². The van der Waals surface area contributed by atoms with Gasteiger partial charge in [-0.2, -0.15) is 0 Å². The van der Waals surface area contributed by atoms with Crippen molar-refractivity contribution < 1.29 is 0 Å². The Hall–Kier alpha value is -0.0400. The molecule has 1 nitrogen and oxygen atoms in total. The maximum Gasteiger partial charge on any atom is 0.000490 e. The number of nitrogens with one attached hydrogen (secondary N) is 1. The van der Waals surface area contributed by atoms with E-state index in [4.69, 9.17) is 0 Å². The van der Waals surface area contributed by atoms with Crippen LogP contribution in [0.2, 0.25) is 0 Å². The van der Waals surface area contributed by atoms with Gasteiger partial charge in [-0.3, -0.25) is 0 Å². The monoisotopic (exact) mass is 183 g/mol. The summed E-state index contributed by atoms with van der Waals surface area (Å²) in [6.07, 6.45) is 8.68. The molecule has 0 bridgehead atoms. The van der Waals surface area contributed by atoms with Crippen LogP contribution in [0.15, 0.2) is 0 Å². The van der Waals surface area contributed by atoms with Crippen molar-refractivity contribution in [1.82, 2.24) is 5.32 Å². The van der Waals surface area contributed by atoms with E-state index in [2.05, 4.69) is 26.2 Å². The number of hydrogen-bond donors (Lipinski definition) is 1. The fourth-order valence-electron chi connectivity index (χ4n) is 3.00. The Balaban J connectivity index is 2.50. The van der Waals surface area contributed by atoms with Crippen LogP contribution in [-0.4, -0.2) is 13.6 Å². The highest BCUT2D eigenvalue weighted by atomic mass is 14.8. The lowest BCUT2D eigenvalue weighted by atomic mass is 9.69. The Morgan fingerprint density at radius 1 is 1.15 bits per heavy atom. The van der Waals surface area contributed by atoms with E-state index in [-0.39, 0.29) is 0 Å². The molecule has 1 rings (SSSR count). The third-order valence-electron chi connectivity index (χ3n) is 3.31. The average Bonchev–Trinajstić information content (AvgIpc) is 2.04. The Bertz CT molecular complexity index is 129. The van der Waals surface area contributed by atoms with Gasteiger partial charge in [0.2, 0.25) is 0 Å². The first-order valence-corrected chi connectivity index (χ1v) is 5.83. The lowest BCUT2D eigenvalue weighted by Crippen LogP contribution is -2.35. The topological polar surface area (TPSA) is 12.0 Å². The normalized spacial score (nSPS) is 22.2. The summed E-state index contributed by atoms with van der Waals surface area (Å²) in [7, 11) is 2.09. The molecule has 1 fully saturated rings. The molecule has 0 radical (unpaired) electrons. The molecule has 1 aliphatic carbocycles. The fraction of sp³-hybridized carbons (Fsp3) is 1.00. The van der Waals surface area contributed by atoms with Gasteiger partial charge in [0.15, 0.2) is 0 Å². The zero-order chi connectivity index (χ0) is 9.73. The van der Waals surface area contributed by atoms with Gasteiger partial charge in [0.25, 0.3) is 0 Å². The van der Waals surface area contributed by atoms with Gasteiger partial charge in [-0.05, 0) is 37.6 Å². The standard InChI is InChI=1S/C12H25N/c1-11(2)9-12(10-13-3)7-5-4-6-8-12/h11,13H,4-10H2,1-3H3. The van der Waals surface area contributed by atoms with Crippen molar-refractivity contribution in [3.05, 3.63) is 0 Å². The van der Waals surface area contributed by atoms with E-state index in [1.807, 2.05) is 0 Å². The van der Waals surface area contributed by atoms with Gasteiger partial charge in [0.05, 0.1) is 0 Å². The Morgan fingerprint density at radius 2 is 1.77 bits per heavy atom. The van der Waals surface area contributed by atoms with Gasteiger partial charge >= 0.3 is 0 Å². The molecule has 78 valence electrons. The zero-order valence-electron chi connectivity index (χ0n) is 9.53. The number of rotatable bonds is 4. The van der Waals surface area contributed by atoms with Gasteiger partial charge < -0.3 is 5.32 Å². The highest BCUT2D eigenvalue weighted by Crippen LogP contribution is 2.40. The zero-order valence-corrected chi connectivity index (χ0v) is 9.53. The van der Waals surface area contributed by atoms with Crippen molar-refractivity contribution in [2.24, 2.45) is 11.3 Å². The molecule has 1 heteroatoms. The molecule has 1 N–H and O–H groups in total. The molecule has 0 aromatic rings. The molecule has 0 amide bonds. The van der Waals surface area contributed by atoms with E-state index in [9.17, 15) is 0 Å². The minimum absolute atomic E-state index is 0.640. The molecular weight excluding hydrogens is 158 g/mol. The second-order valence-electron chi connectivity index (χ2n) is 5.19. The summed E-state index contributed by atoms with van der Waals surface area (Å²) >= 11 is 0. The first-order valence-electron chi connectivity index (χ1n) is 5.83. The molecule has 0 atom stereocenters. The van der Waals surface area contributed by atoms with Crippen molar-refractivity contribution in [2.75, 3.05) is 13.6 Å². The van der Waals surface area contributed by atoms with Crippen LogP contribution in [0.5, 0.6) is 0 Å². The third-order valence-corrected chi connectivity index (χ3v) is 3.31. The predicted molar refractivity (Wildman–Crippen MR) is 58.9 cm³/mol. The van der Waals surface area contributed by atoms with E-state index in [0.717, 1.165) is 5.92 Å². The van der Waals surface area contributed by atoms with E-state index in [1.54, 1.807) is 0 Å². The van der Waals surface area contributed by atoms with Crippen molar-refractivity contribution in [1.29, 1.82) is 0 Å². The van der Waals surface area contributed by atoms with Crippen molar-refractivity contribution in [3.63, 3.8) is 0 Å². The first kappa shape index (κ1) is 11.0. The van der Waals surface area contributed by atoms with Gasteiger partial charge in [0.1, 0.15) is 0 Å². The smallest absolute Gasteiger partial charge is 0.000490 e. The van der Waals surface area contributed by atoms with Crippen LogP contribution in [-0.2, 0) is 0 Å². The van der Waals surface area contributed by atoms with Gasteiger partial charge in [-0.15, -0.1) is 0 Å².